The number of fused-ring (bicyclic) bond motifs is 1. The summed E-state index contributed by atoms with van der Waals surface area (Å²) < 4.78 is 2.15. The number of hydrogen-bond acceptors (Lipinski definition) is 5. The van der Waals surface area contributed by atoms with Gasteiger partial charge in [-0.3, -0.25) is 14.2 Å². The second kappa shape index (κ2) is 8.40. The Balaban J connectivity index is 0.00000225. The molecule has 0 amide bonds. The summed E-state index contributed by atoms with van der Waals surface area (Å²) in [7, 11) is 0. The largest absolute Gasteiger partial charge is 0.391 e. The van der Waals surface area contributed by atoms with Crippen LogP contribution in [0, 0.1) is 6.92 Å². The third kappa shape index (κ3) is 4.47. The predicted octanol–water partition coefficient (Wildman–Crippen LogP) is 1.96. The molecule has 1 aliphatic rings. The number of carbonyl (C=O) groups excluding carboxylic acids is 1. The Morgan fingerprint density at radius 1 is 1.48 bits per heavy atom. The highest BCUT2D eigenvalue weighted by Gasteiger charge is 2.25. The summed E-state index contributed by atoms with van der Waals surface area (Å²) in [6.07, 6.45) is 2.74. The average Bonchev–Trinajstić information content (AvgIpc) is 2.53. The van der Waals surface area contributed by atoms with E-state index in [0.29, 0.717) is 17.3 Å². The Hall–Kier alpha value is -1.28. The number of hydrogen-bond donors (Lipinski definition) is 2. The molecule has 1 fully saturated rings. The quantitative estimate of drug-likeness (QED) is 0.775. The van der Waals surface area contributed by atoms with Crippen molar-refractivity contribution in [2.75, 3.05) is 6.54 Å². The molecule has 8 heteroatoms. The lowest BCUT2D eigenvalue weighted by Gasteiger charge is -2.28. The van der Waals surface area contributed by atoms with Crippen LogP contribution in [0.3, 0.4) is 0 Å². The van der Waals surface area contributed by atoms with E-state index in [1.54, 1.807) is 6.07 Å². The Labute approximate surface area is 160 Å². The lowest BCUT2D eigenvalue weighted by atomic mass is 9.97. The third-order valence-corrected chi connectivity index (χ3v) is 4.88. The van der Waals surface area contributed by atoms with Crippen molar-refractivity contribution < 1.29 is 9.90 Å². The first-order valence-corrected chi connectivity index (χ1v) is 8.83. The highest BCUT2D eigenvalue weighted by Crippen LogP contribution is 2.19. The summed E-state index contributed by atoms with van der Waals surface area (Å²) in [4.78, 5) is 29.2. The number of nitrogens with zero attached hydrogens (tertiary/aromatic N) is 2. The van der Waals surface area contributed by atoms with E-state index >= 15 is 0 Å². The van der Waals surface area contributed by atoms with Crippen LogP contribution >= 0.6 is 28.3 Å². The molecule has 136 valence electrons. The second-order valence-electron chi connectivity index (χ2n) is 6.31. The molecule has 0 spiro atoms. The number of aliphatic hydroxyl groups is 1. The van der Waals surface area contributed by atoms with Gasteiger partial charge in [-0.25, -0.2) is 4.98 Å². The maximum absolute atomic E-state index is 12.6. The number of benzene rings is 1. The zero-order chi connectivity index (χ0) is 17.3. The molecule has 0 aliphatic carbocycles. The molecule has 2 aromatic rings. The molecule has 2 N–H and O–H groups in total. The summed E-state index contributed by atoms with van der Waals surface area (Å²) in [5.74, 6) is -0.0941. The molecular weight excluding hydrogens is 410 g/mol. The molecule has 1 aliphatic heterocycles. The minimum absolute atomic E-state index is 0. The molecule has 0 saturated carbocycles. The predicted molar refractivity (Wildman–Crippen MR) is 102 cm³/mol. The number of ketones is 1. The zero-order valence-electron chi connectivity index (χ0n) is 13.9. The van der Waals surface area contributed by atoms with Crippen molar-refractivity contribution in [3.63, 3.8) is 0 Å². The highest BCUT2D eigenvalue weighted by atomic mass is 79.9. The Kier molecular flexibility index (Phi) is 6.73. The van der Waals surface area contributed by atoms with E-state index in [-0.39, 0.29) is 42.8 Å². The lowest BCUT2D eigenvalue weighted by Crippen LogP contribution is -2.46. The second-order valence-corrected chi connectivity index (χ2v) is 7.23. The van der Waals surface area contributed by atoms with Crippen molar-refractivity contribution in [3.8, 4) is 0 Å². The van der Waals surface area contributed by atoms with E-state index in [2.05, 4.69) is 26.2 Å². The number of halogens is 2. The molecule has 25 heavy (non-hydrogen) atoms. The van der Waals surface area contributed by atoms with E-state index in [0.717, 1.165) is 23.0 Å². The molecule has 0 bridgehead atoms. The number of carbonyl (C=O) groups is 1. The van der Waals surface area contributed by atoms with E-state index in [1.807, 2.05) is 13.0 Å². The molecule has 0 radical (unpaired) electrons. The topological polar surface area (TPSA) is 84.2 Å². The summed E-state index contributed by atoms with van der Waals surface area (Å²) >= 11 is 3.39. The first-order chi connectivity index (χ1) is 11.5. The zero-order valence-corrected chi connectivity index (χ0v) is 16.3. The monoisotopic (exact) mass is 429 g/mol. The smallest absolute Gasteiger partial charge is 0.261 e. The van der Waals surface area contributed by atoms with Gasteiger partial charge in [0.1, 0.15) is 0 Å². The average molecular weight is 431 g/mol. The van der Waals surface area contributed by atoms with Crippen LogP contribution in [0.1, 0.15) is 24.8 Å². The molecule has 2 heterocycles. The van der Waals surface area contributed by atoms with Crippen molar-refractivity contribution in [1.82, 2.24) is 14.9 Å². The van der Waals surface area contributed by atoms with E-state index in [9.17, 15) is 14.7 Å². The van der Waals surface area contributed by atoms with Gasteiger partial charge >= 0.3 is 0 Å². The van der Waals surface area contributed by atoms with Crippen molar-refractivity contribution in [1.29, 1.82) is 0 Å². The van der Waals surface area contributed by atoms with Gasteiger partial charge in [0.25, 0.3) is 5.56 Å². The molecule has 0 unspecified atom stereocenters. The van der Waals surface area contributed by atoms with Crippen molar-refractivity contribution in [2.24, 2.45) is 0 Å². The van der Waals surface area contributed by atoms with Gasteiger partial charge in [0.05, 0.1) is 29.9 Å². The van der Waals surface area contributed by atoms with Gasteiger partial charge < -0.3 is 10.4 Å². The van der Waals surface area contributed by atoms with E-state index in [1.165, 1.54) is 10.9 Å². The molecule has 2 atom stereocenters. The number of aliphatic hydroxyl groups excluding tert-OH is 1. The maximum atomic E-state index is 12.6. The SMILES string of the molecule is Cc1cc(Br)cc2c(=O)n(CC(=O)C[C@H]3NCCC[C@@H]3O)cnc12.Cl. The van der Waals surface area contributed by atoms with Crippen LogP contribution in [0.15, 0.2) is 27.7 Å². The van der Waals surface area contributed by atoms with Crippen LogP contribution in [0.25, 0.3) is 10.9 Å². The number of Topliss-reactive ketones (excluding diaryl/α,β-unsaturated/α-hetero) is 1. The third-order valence-electron chi connectivity index (χ3n) is 4.42. The lowest BCUT2D eigenvalue weighted by molar-refractivity contribution is -0.121. The molecule has 1 aromatic carbocycles. The van der Waals surface area contributed by atoms with Crippen LogP contribution in [-0.2, 0) is 11.3 Å². The fourth-order valence-corrected chi connectivity index (χ4v) is 3.73. The van der Waals surface area contributed by atoms with Crippen molar-refractivity contribution >= 4 is 45.0 Å². The van der Waals surface area contributed by atoms with Gasteiger partial charge in [-0.05, 0) is 44.0 Å². The number of rotatable bonds is 4. The van der Waals surface area contributed by atoms with Crippen LogP contribution in [0.2, 0.25) is 0 Å². The van der Waals surface area contributed by atoms with Gasteiger partial charge in [-0.15, -0.1) is 12.4 Å². The fraction of sp³-hybridized carbons (Fsp3) is 0.471. The van der Waals surface area contributed by atoms with Gasteiger partial charge in [0.2, 0.25) is 0 Å². The molecule has 3 rings (SSSR count). The molecule has 1 saturated heterocycles. The van der Waals surface area contributed by atoms with Crippen LogP contribution < -0.4 is 10.9 Å². The fourth-order valence-electron chi connectivity index (χ4n) is 3.16. The van der Waals surface area contributed by atoms with Crippen molar-refractivity contribution in [3.05, 3.63) is 38.9 Å². The van der Waals surface area contributed by atoms with E-state index in [4.69, 9.17) is 0 Å². The normalized spacial score (nSPS) is 20.3. The van der Waals surface area contributed by atoms with Gasteiger partial charge in [-0.2, -0.15) is 0 Å². The standard InChI is InChI=1S/C17H20BrN3O3.ClH/c1-10-5-11(18)6-13-16(10)20-9-21(17(13)24)8-12(22)7-14-15(23)3-2-4-19-14;/h5-6,9,14-15,19,23H,2-4,7-8H2,1H3;1H/t14-,15+;/m1./s1. The Morgan fingerprint density at radius 2 is 2.24 bits per heavy atom. The number of piperidine rings is 1. The van der Waals surface area contributed by atoms with Gasteiger partial charge in [0.15, 0.2) is 5.78 Å². The minimum atomic E-state index is -0.507. The van der Waals surface area contributed by atoms with Crippen LogP contribution in [0.5, 0.6) is 0 Å². The van der Waals surface area contributed by atoms with Crippen molar-refractivity contribution in [2.45, 2.75) is 44.9 Å². The number of aromatic nitrogens is 2. The number of nitrogens with one attached hydrogen (secondary N) is 1. The molecule has 6 nitrogen and oxygen atoms in total. The first kappa shape index (κ1) is 20.0. The van der Waals surface area contributed by atoms with Crippen LogP contribution in [0.4, 0.5) is 0 Å². The maximum Gasteiger partial charge on any atom is 0.261 e. The minimum Gasteiger partial charge on any atom is -0.391 e. The first-order valence-electron chi connectivity index (χ1n) is 8.04. The summed E-state index contributed by atoms with van der Waals surface area (Å²) in [6.45, 7) is 2.67. The highest BCUT2D eigenvalue weighted by molar-refractivity contribution is 9.10. The summed E-state index contributed by atoms with van der Waals surface area (Å²) in [5, 5.41) is 13.6. The summed E-state index contributed by atoms with van der Waals surface area (Å²) in [6, 6.07) is 3.40. The van der Waals surface area contributed by atoms with Crippen LogP contribution in [-0.4, -0.2) is 39.1 Å². The Bertz CT molecular complexity index is 840. The van der Waals surface area contributed by atoms with E-state index < -0.39 is 6.10 Å². The van der Waals surface area contributed by atoms with Gasteiger partial charge in [-0.1, -0.05) is 15.9 Å². The number of aryl methyl sites for hydroxylation is 1. The van der Waals surface area contributed by atoms with Gasteiger partial charge in [0, 0.05) is 16.9 Å². The Morgan fingerprint density at radius 3 is 2.96 bits per heavy atom. The molecular formula is C17H21BrClN3O3. The molecule has 1 aromatic heterocycles. The summed E-state index contributed by atoms with van der Waals surface area (Å²) in [5.41, 5.74) is 1.33.